The van der Waals surface area contributed by atoms with Crippen molar-refractivity contribution in [2.75, 3.05) is 0 Å². The number of aliphatic imine (C=N–C) groups is 1. The van der Waals surface area contributed by atoms with E-state index in [1.54, 1.807) is 18.3 Å². The minimum Gasteiger partial charge on any atom is -0.507 e. The summed E-state index contributed by atoms with van der Waals surface area (Å²) in [5, 5.41) is 9.60. The van der Waals surface area contributed by atoms with Gasteiger partial charge in [-0.15, -0.1) is 0 Å². The van der Waals surface area contributed by atoms with E-state index in [0.717, 1.165) is 11.3 Å². The molecule has 0 aliphatic rings. The van der Waals surface area contributed by atoms with Crippen molar-refractivity contribution in [2.24, 2.45) is 4.99 Å². The predicted molar refractivity (Wildman–Crippen MR) is 71.3 cm³/mol. The molecule has 0 fully saturated rings. The Balaban J connectivity index is 2.26. The highest BCUT2D eigenvalue weighted by molar-refractivity contribution is 5.85. The smallest absolute Gasteiger partial charge is 0.124 e. The number of aromatic hydroxyl groups is 1. The summed E-state index contributed by atoms with van der Waals surface area (Å²) in [7, 11) is 0. The first kappa shape index (κ1) is 11.4. The highest BCUT2D eigenvalue weighted by Crippen LogP contribution is 2.18. The SMILES string of the molecule is Cc1ccc(/N=C/c2ccccc2O)cc1C. The zero-order valence-electron chi connectivity index (χ0n) is 10.0. The van der Waals surface area contributed by atoms with Gasteiger partial charge in [-0.05, 0) is 49.2 Å². The van der Waals surface area contributed by atoms with Gasteiger partial charge in [-0.3, -0.25) is 4.99 Å². The molecule has 2 heteroatoms. The molecule has 0 radical (unpaired) electrons. The summed E-state index contributed by atoms with van der Waals surface area (Å²) in [6.07, 6.45) is 1.68. The van der Waals surface area contributed by atoms with Crippen LogP contribution in [0.1, 0.15) is 16.7 Å². The van der Waals surface area contributed by atoms with Crippen molar-refractivity contribution in [3.63, 3.8) is 0 Å². The molecule has 2 nitrogen and oxygen atoms in total. The molecule has 2 aromatic rings. The standard InChI is InChI=1S/C15H15NO/c1-11-7-8-14(9-12(11)2)16-10-13-5-3-4-6-15(13)17/h3-10,17H,1-2H3/b16-10+. The maximum atomic E-state index is 9.60. The van der Waals surface area contributed by atoms with Gasteiger partial charge in [-0.2, -0.15) is 0 Å². The van der Waals surface area contributed by atoms with Gasteiger partial charge in [0, 0.05) is 11.8 Å². The van der Waals surface area contributed by atoms with Gasteiger partial charge >= 0.3 is 0 Å². The highest BCUT2D eigenvalue weighted by atomic mass is 16.3. The van der Waals surface area contributed by atoms with Crippen LogP contribution in [-0.2, 0) is 0 Å². The lowest BCUT2D eigenvalue weighted by Crippen LogP contribution is -1.82. The maximum absolute atomic E-state index is 9.60. The first-order valence-corrected chi connectivity index (χ1v) is 5.56. The summed E-state index contributed by atoms with van der Waals surface area (Å²) in [6, 6.07) is 13.2. The Hall–Kier alpha value is -2.09. The Kier molecular flexibility index (Phi) is 3.24. The Morgan fingerprint density at radius 1 is 1.00 bits per heavy atom. The quantitative estimate of drug-likeness (QED) is 0.775. The van der Waals surface area contributed by atoms with Gasteiger partial charge in [0.25, 0.3) is 0 Å². The number of para-hydroxylation sites is 1. The third-order valence-electron chi connectivity index (χ3n) is 2.78. The molecule has 0 amide bonds. The fourth-order valence-electron chi connectivity index (χ4n) is 1.55. The molecular formula is C15H15NO. The number of hydrogen-bond acceptors (Lipinski definition) is 2. The van der Waals surface area contributed by atoms with Gasteiger partial charge < -0.3 is 5.11 Å². The van der Waals surface area contributed by atoms with Crippen molar-refractivity contribution in [3.05, 3.63) is 59.2 Å². The number of phenols is 1. The average molecular weight is 225 g/mol. The van der Waals surface area contributed by atoms with E-state index >= 15 is 0 Å². The molecule has 1 N–H and O–H groups in total. The van der Waals surface area contributed by atoms with Crippen LogP contribution in [0.5, 0.6) is 5.75 Å². The first-order chi connectivity index (χ1) is 8.16. The molecule has 0 unspecified atom stereocenters. The van der Waals surface area contributed by atoms with E-state index in [1.807, 2.05) is 30.3 Å². The van der Waals surface area contributed by atoms with E-state index in [0.29, 0.717) is 0 Å². The Morgan fingerprint density at radius 3 is 2.47 bits per heavy atom. The van der Waals surface area contributed by atoms with E-state index in [-0.39, 0.29) is 5.75 Å². The molecule has 17 heavy (non-hydrogen) atoms. The number of rotatable bonds is 2. The summed E-state index contributed by atoms with van der Waals surface area (Å²) in [6.45, 7) is 4.14. The number of nitrogens with zero attached hydrogens (tertiary/aromatic N) is 1. The van der Waals surface area contributed by atoms with Crippen molar-refractivity contribution >= 4 is 11.9 Å². The second-order valence-corrected chi connectivity index (χ2v) is 4.09. The summed E-state index contributed by atoms with van der Waals surface area (Å²) in [4.78, 5) is 4.35. The lowest BCUT2D eigenvalue weighted by atomic mass is 10.1. The Labute approximate surface area is 101 Å². The van der Waals surface area contributed by atoms with Gasteiger partial charge in [0.2, 0.25) is 0 Å². The zero-order chi connectivity index (χ0) is 12.3. The van der Waals surface area contributed by atoms with Gasteiger partial charge in [0.05, 0.1) is 5.69 Å². The van der Waals surface area contributed by atoms with E-state index < -0.39 is 0 Å². The van der Waals surface area contributed by atoms with Crippen LogP contribution in [0.4, 0.5) is 5.69 Å². The van der Waals surface area contributed by atoms with E-state index in [1.165, 1.54) is 11.1 Å². The Bertz CT molecular complexity index is 559. The van der Waals surface area contributed by atoms with Crippen molar-refractivity contribution in [1.29, 1.82) is 0 Å². The monoisotopic (exact) mass is 225 g/mol. The Morgan fingerprint density at radius 2 is 1.76 bits per heavy atom. The molecule has 0 heterocycles. The second-order valence-electron chi connectivity index (χ2n) is 4.09. The first-order valence-electron chi connectivity index (χ1n) is 5.56. The summed E-state index contributed by atoms with van der Waals surface area (Å²) < 4.78 is 0. The zero-order valence-corrected chi connectivity index (χ0v) is 10.0. The van der Waals surface area contributed by atoms with Crippen LogP contribution < -0.4 is 0 Å². The summed E-state index contributed by atoms with van der Waals surface area (Å²) >= 11 is 0. The predicted octanol–water partition coefficient (Wildman–Crippen LogP) is 3.76. The van der Waals surface area contributed by atoms with Crippen molar-refractivity contribution < 1.29 is 5.11 Å². The third kappa shape index (κ3) is 2.72. The molecule has 0 saturated heterocycles. The van der Waals surface area contributed by atoms with Crippen LogP contribution in [0.3, 0.4) is 0 Å². The molecule has 2 aromatic carbocycles. The van der Waals surface area contributed by atoms with E-state index in [4.69, 9.17) is 0 Å². The van der Waals surface area contributed by atoms with Crippen molar-refractivity contribution in [1.82, 2.24) is 0 Å². The lowest BCUT2D eigenvalue weighted by Gasteiger charge is -2.01. The molecule has 2 rings (SSSR count). The average Bonchev–Trinajstić information content (AvgIpc) is 2.32. The maximum Gasteiger partial charge on any atom is 0.124 e. The van der Waals surface area contributed by atoms with Gasteiger partial charge in [0.15, 0.2) is 0 Å². The largest absolute Gasteiger partial charge is 0.507 e. The fraction of sp³-hybridized carbons (Fsp3) is 0.133. The minimum atomic E-state index is 0.250. The van der Waals surface area contributed by atoms with Crippen LogP contribution >= 0.6 is 0 Å². The lowest BCUT2D eigenvalue weighted by molar-refractivity contribution is 0.474. The van der Waals surface area contributed by atoms with Crippen LogP contribution in [0.2, 0.25) is 0 Å². The fourth-order valence-corrected chi connectivity index (χ4v) is 1.55. The van der Waals surface area contributed by atoms with Gasteiger partial charge in [-0.25, -0.2) is 0 Å². The molecule has 0 atom stereocenters. The molecule has 0 aliphatic carbocycles. The van der Waals surface area contributed by atoms with Crippen LogP contribution in [0.25, 0.3) is 0 Å². The van der Waals surface area contributed by atoms with Gasteiger partial charge in [-0.1, -0.05) is 18.2 Å². The van der Waals surface area contributed by atoms with Gasteiger partial charge in [0.1, 0.15) is 5.75 Å². The molecular weight excluding hydrogens is 210 g/mol. The molecule has 0 bridgehead atoms. The summed E-state index contributed by atoms with van der Waals surface area (Å²) in [5.74, 6) is 0.250. The molecule has 0 aromatic heterocycles. The number of hydrogen-bond donors (Lipinski definition) is 1. The molecule has 0 aliphatic heterocycles. The number of benzene rings is 2. The van der Waals surface area contributed by atoms with Crippen molar-refractivity contribution in [2.45, 2.75) is 13.8 Å². The molecule has 0 spiro atoms. The third-order valence-corrected chi connectivity index (χ3v) is 2.78. The second kappa shape index (κ2) is 4.83. The number of aryl methyl sites for hydroxylation is 2. The summed E-state index contributed by atoms with van der Waals surface area (Å²) in [5.41, 5.74) is 4.10. The topological polar surface area (TPSA) is 32.6 Å². The van der Waals surface area contributed by atoms with Crippen LogP contribution in [-0.4, -0.2) is 11.3 Å². The van der Waals surface area contributed by atoms with Crippen LogP contribution in [0.15, 0.2) is 47.5 Å². The minimum absolute atomic E-state index is 0.250. The highest BCUT2D eigenvalue weighted by Gasteiger charge is 1.96. The van der Waals surface area contributed by atoms with Crippen molar-refractivity contribution in [3.8, 4) is 5.75 Å². The van der Waals surface area contributed by atoms with E-state index in [2.05, 4.69) is 18.8 Å². The molecule has 86 valence electrons. The van der Waals surface area contributed by atoms with E-state index in [9.17, 15) is 5.11 Å². The normalized spacial score (nSPS) is 10.9. The number of phenolic OH excluding ortho intramolecular Hbond substituents is 1. The molecule has 0 saturated carbocycles. The van der Waals surface area contributed by atoms with Crippen LogP contribution in [0, 0.1) is 13.8 Å².